The Morgan fingerprint density at radius 1 is 0.538 bits per heavy atom. The predicted molar refractivity (Wildman–Crippen MR) is 98.0 cm³/mol. The van der Waals surface area contributed by atoms with Crippen LogP contribution >= 0.6 is 0 Å². The van der Waals surface area contributed by atoms with E-state index in [1.807, 2.05) is 60.7 Å². The summed E-state index contributed by atoms with van der Waals surface area (Å²) in [7, 11) is 0. The fourth-order valence-corrected chi connectivity index (χ4v) is 2.44. The quantitative estimate of drug-likeness (QED) is 0.500. The number of benzene rings is 3. The zero-order valence-corrected chi connectivity index (χ0v) is 14.1. The van der Waals surface area contributed by atoms with Crippen molar-refractivity contribution < 1.29 is 19.1 Å². The number of hydrogen-bond donors (Lipinski definition) is 0. The zero-order valence-electron chi connectivity index (χ0n) is 14.1. The third-order valence-electron chi connectivity index (χ3n) is 3.67. The largest absolute Gasteiger partial charge is 0.426 e. The third-order valence-corrected chi connectivity index (χ3v) is 3.67. The lowest BCUT2D eigenvalue weighted by atomic mass is 10.1. The summed E-state index contributed by atoms with van der Waals surface area (Å²) >= 11 is 0. The topological polar surface area (TPSA) is 52.6 Å². The second-order valence-corrected chi connectivity index (χ2v) is 5.74. The van der Waals surface area contributed by atoms with Gasteiger partial charge >= 0.3 is 11.9 Å². The highest BCUT2D eigenvalue weighted by atomic mass is 16.5. The minimum atomic E-state index is -0.343. The molecule has 130 valence electrons. The molecule has 26 heavy (non-hydrogen) atoms. The average Bonchev–Trinajstić information content (AvgIpc) is 2.65. The molecule has 0 spiro atoms. The van der Waals surface area contributed by atoms with Gasteiger partial charge in [-0.3, -0.25) is 9.59 Å². The molecule has 3 aromatic carbocycles. The number of carbonyl (C=O) groups is 2. The molecule has 0 atom stereocenters. The van der Waals surface area contributed by atoms with Crippen molar-refractivity contribution in [2.75, 3.05) is 0 Å². The molecule has 0 bridgehead atoms. The lowest BCUT2D eigenvalue weighted by Gasteiger charge is -2.07. The summed E-state index contributed by atoms with van der Waals surface area (Å²) in [6, 6.07) is 25.2. The van der Waals surface area contributed by atoms with Gasteiger partial charge in [0.25, 0.3) is 0 Å². The van der Waals surface area contributed by atoms with Crippen molar-refractivity contribution in [2.24, 2.45) is 0 Å². The van der Waals surface area contributed by atoms with Crippen LogP contribution in [0, 0.1) is 0 Å². The van der Waals surface area contributed by atoms with Gasteiger partial charge in [0.15, 0.2) is 0 Å². The van der Waals surface area contributed by atoms with Crippen LogP contribution in [0.25, 0.3) is 0 Å². The fourth-order valence-electron chi connectivity index (χ4n) is 2.44. The van der Waals surface area contributed by atoms with Crippen molar-refractivity contribution >= 4 is 11.9 Å². The van der Waals surface area contributed by atoms with Gasteiger partial charge in [-0.15, -0.1) is 0 Å². The molecule has 4 nitrogen and oxygen atoms in total. The van der Waals surface area contributed by atoms with Gasteiger partial charge in [-0.05, 0) is 35.4 Å². The van der Waals surface area contributed by atoms with Crippen molar-refractivity contribution in [3.63, 3.8) is 0 Å². The first-order chi connectivity index (χ1) is 12.7. The number of hydrogen-bond acceptors (Lipinski definition) is 4. The Bertz CT molecular complexity index is 781. The molecule has 0 aliphatic heterocycles. The first-order valence-electron chi connectivity index (χ1n) is 8.28. The van der Waals surface area contributed by atoms with Crippen LogP contribution in [0.3, 0.4) is 0 Å². The lowest BCUT2D eigenvalue weighted by Crippen LogP contribution is -2.12. The minimum Gasteiger partial charge on any atom is -0.426 e. The molecule has 0 saturated heterocycles. The summed E-state index contributed by atoms with van der Waals surface area (Å²) < 4.78 is 10.6. The Morgan fingerprint density at radius 3 is 1.23 bits per heavy atom. The lowest BCUT2D eigenvalue weighted by molar-refractivity contribution is -0.134. The fraction of sp³-hybridized carbons (Fsp3) is 0.0909. The average molecular weight is 346 g/mol. The van der Waals surface area contributed by atoms with E-state index in [0.717, 1.165) is 11.1 Å². The molecule has 0 aliphatic carbocycles. The first-order valence-corrected chi connectivity index (χ1v) is 8.28. The molecule has 0 heterocycles. The SMILES string of the molecule is O=C(Cc1ccccc1)Oc1ccc(OC(=O)Cc2ccccc2)cc1. The maximum Gasteiger partial charge on any atom is 0.315 e. The molecule has 0 saturated carbocycles. The Hall–Kier alpha value is -3.40. The highest BCUT2D eigenvalue weighted by Gasteiger charge is 2.09. The Morgan fingerprint density at radius 2 is 0.885 bits per heavy atom. The van der Waals surface area contributed by atoms with Crippen molar-refractivity contribution in [3.8, 4) is 11.5 Å². The summed E-state index contributed by atoms with van der Waals surface area (Å²) in [5.41, 5.74) is 1.79. The standard InChI is InChI=1S/C22H18O4/c23-21(15-17-7-3-1-4-8-17)25-19-11-13-20(14-12-19)26-22(24)16-18-9-5-2-6-10-18/h1-14H,15-16H2. The minimum absolute atomic E-state index is 0.203. The highest BCUT2D eigenvalue weighted by molar-refractivity contribution is 5.76. The van der Waals surface area contributed by atoms with Gasteiger partial charge in [0.1, 0.15) is 11.5 Å². The van der Waals surface area contributed by atoms with Crippen molar-refractivity contribution in [1.29, 1.82) is 0 Å². The van der Waals surface area contributed by atoms with Crippen LogP contribution in [0.2, 0.25) is 0 Å². The van der Waals surface area contributed by atoms with Crippen molar-refractivity contribution in [2.45, 2.75) is 12.8 Å². The molecule has 3 aromatic rings. The second kappa shape index (κ2) is 8.62. The van der Waals surface area contributed by atoms with Crippen LogP contribution in [0.4, 0.5) is 0 Å². The Kier molecular flexibility index (Phi) is 5.78. The van der Waals surface area contributed by atoms with E-state index in [1.165, 1.54) is 0 Å². The molecule has 0 amide bonds. The van der Waals surface area contributed by atoms with Gasteiger partial charge < -0.3 is 9.47 Å². The van der Waals surface area contributed by atoms with Crippen molar-refractivity contribution in [3.05, 3.63) is 96.1 Å². The van der Waals surface area contributed by atoms with E-state index in [0.29, 0.717) is 11.5 Å². The van der Waals surface area contributed by atoms with E-state index >= 15 is 0 Å². The monoisotopic (exact) mass is 346 g/mol. The van der Waals surface area contributed by atoms with E-state index < -0.39 is 0 Å². The van der Waals surface area contributed by atoms with E-state index in [2.05, 4.69) is 0 Å². The van der Waals surface area contributed by atoms with Gasteiger partial charge in [0.05, 0.1) is 12.8 Å². The van der Waals surface area contributed by atoms with Crippen molar-refractivity contribution in [1.82, 2.24) is 0 Å². The second-order valence-electron chi connectivity index (χ2n) is 5.74. The molecule has 0 unspecified atom stereocenters. The van der Waals surface area contributed by atoms with Gasteiger partial charge in [0, 0.05) is 0 Å². The van der Waals surface area contributed by atoms with Gasteiger partial charge in [-0.25, -0.2) is 0 Å². The summed E-state index contributed by atoms with van der Waals surface area (Å²) in [6.45, 7) is 0. The van der Waals surface area contributed by atoms with Crippen LogP contribution in [0.5, 0.6) is 11.5 Å². The molecule has 3 rings (SSSR count). The number of esters is 2. The summed E-state index contributed by atoms with van der Waals surface area (Å²) in [5, 5.41) is 0. The molecule has 0 aromatic heterocycles. The molecule has 0 fully saturated rings. The number of carbonyl (C=O) groups excluding carboxylic acids is 2. The van der Waals surface area contributed by atoms with Crippen LogP contribution < -0.4 is 9.47 Å². The van der Waals surface area contributed by atoms with Crippen LogP contribution in [0.1, 0.15) is 11.1 Å². The molecule has 4 heteroatoms. The normalized spacial score (nSPS) is 10.2. The third kappa shape index (κ3) is 5.31. The smallest absolute Gasteiger partial charge is 0.315 e. The molecular weight excluding hydrogens is 328 g/mol. The molecule has 0 radical (unpaired) electrons. The highest BCUT2D eigenvalue weighted by Crippen LogP contribution is 2.19. The predicted octanol–water partition coefficient (Wildman–Crippen LogP) is 3.98. The molecule has 0 aliphatic rings. The number of ether oxygens (including phenoxy) is 2. The number of rotatable bonds is 6. The first kappa shape index (κ1) is 17.4. The van der Waals surface area contributed by atoms with Crippen LogP contribution in [-0.2, 0) is 22.4 Å². The Labute approximate surface area is 152 Å². The van der Waals surface area contributed by atoms with E-state index in [4.69, 9.17) is 9.47 Å². The maximum atomic E-state index is 11.9. The zero-order chi connectivity index (χ0) is 18.2. The van der Waals surface area contributed by atoms with E-state index in [1.54, 1.807) is 24.3 Å². The van der Waals surface area contributed by atoms with E-state index in [9.17, 15) is 9.59 Å². The maximum absolute atomic E-state index is 11.9. The van der Waals surface area contributed by atoms with Gasteiger partial charge in [-0.1, -0.05) is 60.7 Å². The summed E-state index contributed by atoms with van der Waals surface area (Å²) in [4.78, 5) is 23.9. The molecule has 0 N–H and O–H groups in total. The van der Waals surface area contributed by atoms with E-state index in [-0.39, 0.29) is 24.8 Å². The van der Waals surface area contributed by atoms with Crippen LogP contribution in [0.15, 0.2) is 84.9 Å². The molecular formula is C22H18O4. The summed E-state index contributed by atoms with van der Waals surface area (Å²) in [6.07, 6.45) is 0.406. The van der Waals surface area contributed by atoms with Gasteiger partial charge in [0.2, 0.25) is 0 Å². The van der Waals surface area contributed by atoms with Gasteiger partial charge in [-0.2, -0.15) is 0 Å². The summed E-state index contributed by atoms with van der Waals surface area (Å²) in [5.74, 6) is 0.137. The Balaban J connectivity index is 1.51. The van der Waals surface area contributed by atoms with Crippen LogP contribution in [-0.4, -0.2) is 11.9 Å².